The van der Waals surface area contributed by atoms with Crippen molar-refractivity contribution in [2.45, 2.75) is 44.8 Å². The van der Waals surface area contributed by atoms with Gasteiger partial charge in [-0.25, -0.2) is 0 Å². The Morgan fingerprint density at radius 2 is 2.37 bits per heavy atom. The number of rotatable bonds is 5. The first-order valence-electron chi connectivity index (χ1n) is 6.84. The van der Waals surface area contributed by atoms with Crippen molar-refractivity contribution in [3.63, 3.8) is 0 Å². The van der Waals surface area contributed by atoms with Crippen LogP contribution in [0.1, 0.15) is 31.7 Å². The third-order valence-corrected chi connectivity index (χ3v) is 3.75. The van der Waals surface area contributed by atoms with Crippen LogP contribution in [-0.2, 0) is 4.79 Å². The first kappa shape index (κ1) is 13.9. The monoisotopic (exact) mass is 262 g/mol. The zero-order valence-corrected chi connectivity index (χ0v) is 11.6. The van der Waals surface area contributed by atoms with Gasteiger partial charge in [0.15, 0.2) is 0 Å². The van der Waals surface area contributed by atoms with E-state index < -0.39 is 5.54 Å². The molecule has 19 heavy (non-hydrogen) atoms. The van der Waals surface area contributed by atoms with Gasteiger partial charge in [-0.05, 0) is 44.0 Å². The molecule has 0 aliphatic heterocycles. The number of carbonyl (C=O) groups is 1. The van der Waals surface area contributed by atoms with E-state index in [0.717, 1.165) is 25.1 Å². The fraction of sp³-hybridized carbons (Fsp3) is 0.533. The van der Waals surface area contributed by atoms with Crippen molar-refractivity contribution in [3.05, 3.63) is 29.8 Å². The second-order valence-electron chi connectivity index (χ2n) is 5.28. The summed E-state index contributed by atoms with van der Waals surface area (Å²) in [5.41, 5.74) is 6.12. The normalized spacial score (nSPS) is 26.3. The molecule has 2 rings (SSSR count). The molecule has 4 nitrogen and oxygen atoms in total. The SMILES string of the molecule is CCNC1(C(N)=O)CCC(Oc2cccc(C)c2)C1. The summed E-state index contributed by atoms with van der Waals surface area (Å²) in [7, 11) is 0. The van der Waals surface area contributed by atoms with Crippen molar-refractivity contribution in [1.82, 2.24) is 5.32 Å². The Bertz CT molecular complexity index is 461. The van der Waals surface area contributed by atoms with Crippen LogP contribution < -0.4 is 15.8 Å². The maximum absolute atomic E-state index is 11.7. The number of carbonyl (C=O) groups excluding carboxylic acids is 1. The Balaban J connectivity index is 2.03. The molecule has 2 unspecified atom stereocenters. The van der Waals surface area contributed by atoms with Crippen LogP contribution in [0.15, 0.2) is 24.3 Å². The first-order chi connectivity index (χ1) is 9.05. The van der Waals surface area contributed by atoms with Crippen LogP contribution in [0.4, 0.5) is 0 Å². The van der Waals surface area contributed by atoms with E-state index in [0.29, 0.717) is 6.42 Å². The Morgan fingerprint density at radius 1 is 1.58 bits per heavy atom. The van der Waals surface area contributed by atoms with Crippen molar-refractivity contribution in [2.24, 2.45) is 5.73 Å². The molecule has 1 aromatic rings. The number of benzene rings is 1. The van der Waals surface area contributed by atoms with Gasteiger partial charge in [-0.15, -0.1) is 0 Å². The minimum Gasteiger partial charge on any atom is -0.490 e. The third kappa shape index (κ3) is 3.07. The second kappa shape index (κ2) is 5.61. The molecular weight excluding hydrogens is 240 g/mol. The van der Waals surface area contributed by atoms with Gasteiger partial charge in [0.2, 0.25) is 5.91 Å². The Kier molecular flexibility index (Phi) is 4.10. The highest BCUT2D eigenvalue weighted by atomic mass is 16.5. The van der Waals surface area contributed by atoms with E-state index in [4.69, 9.17) is 10.5 Å². The van der Waals surface area contributed by atoms with Crippen LogP contribution in [0, 0.1) is 6.92 Å². The number of hydrogen-bond acceptors (Lipinski definition) is 3. The van der Waals surface area contributed by atoms with Crippen molar-refractivity contribution in [3.8, 4) is 5.75 Å². The molecule has 0 bridgehead atoms. The Hall–Kier alpha value is -1.55. The molecule has 1 aliphatic rings. The van der Waals surface area contributed by atoms with Crippen LogP contribution in [0.5, 0.6) is 5.75 Å². The molecule has 1 aliphatic carbocycles. The Labute approximate surface area is 114 Å². The highest BCUT2D eigenvalue weighted by Gasteiger charge is 2.44. The van der Waals surface area contributed by atoms with Gasteiger partial charge in [-0.2, -0.15) is 0 Å². The molecule has 0 spiro atoms. The quantitative estimate of drug-likeness (QED) is 0.850. The largest absolute Gasteiger partial charge is 0.490 e. The van der Waals surface area contributed by atoms with Crippen molar-refractivity contribution in [2.75, 3.05) is 6.54 Å². The summed E-state index contributed by atoms with van der Waals surface area (Å²) < 4.78 is 5.96. The van der Waals surface area contributed by atoms with Crippen LogP contribution in [0.2, 0.25) is 0 Å². The van der Waals surface area contributed by atoms with Crippen molar-refractivity contribution < 1.29 is 9.53 Å². The smallest absolute Gasteiger partial charge is 0.237 e. The summed E-state index contributed by atoms with van der Waals surface area (Å²) in [6.07, 6.45) is 2.29. The zero-order valence-electron chi connectivity index (χ0n) is 11.6. The number of ether oxygens (including phenoxy) is 1. The molecular formula is C15H22N2O2. The highest BCUT2D eigenvalue weighted by Crippen LogP contribution is 2.32. The average molecular weight is 262 g/mol. The molecule has 104 valence electrons. The van der Waals surface area contributed by atoms with Crippen LogP contribution in [0.3, 0.4) is 0 Å². The molecule has 1 saturated carbocycles. The molecule has 0 saturated heterocycles. The number of hydrogen-bond donors (Lipinski definition) is 2. The fourth-order valence-corrected chi connectivity index (χ4v) is 2.79. The highest BCUT2D eigenvalue weighted by molar-refractivity contribution is 5.85. The van der Waals surface area contributed by atoms with E-state index >= 15 is 0 Å². The second-order valence-corrected chi connectivity index (χ2v) is 5.28. The van der Waals surface area contributed by atoms with Gasteiger partial charge in [0.05, 0.1) is 0 Å². The van der Waals surface area contributed by atoms with Crippen LogP contribution in [-0.4, -0.2) is 24.1 Å². The van der Waals surface area contributed by atoms with Gasteiger partial charge in [-0.1, -0.05) is 19.1 Å². The lowest BCUT2D eigenvalue weighted by Gasteiger charge is -2.26. The average Bonchev–Trinajstić information content (AvgIpc) is 2.74. The van der Waals surface area contributed by atoms with E-state index in [1.807, 2.05) is 38.1 Å². The predicted octanol–water partition coefficient (Wildman–Crippen LogP) is 1.76. The van der Waals surface area contributed by atoms with Crippen LogP contribution in [0.25, 0.3) is 0 Å². The van der Waals surface area contributed by atoms with Crippen LogP contribution >= 0.6 is 0 Å². The summed E-state index contributed by atoms with van der Waals surface area (Å²) in [6.45, 7) is 4.76. The first-order valence-corrected chi connectivity index (χ1v) is 6.84. The number of nitrogens with one attached hydrogen (secondary N) is 1. The molecule has 1 fully saturated rings. The molecule has 0 aromatic heterocycles. The maximum Gasteiger partial charge on any atom is 0.237 e. The van der Waals surface area contributed by atoms with Crippen molar-refractivity contribution >= 4 is 5.91 Å². The standard InChI is InChI=1S/C15H22N2O2/c1-3-17-15(14(16)18)8-7-13(10-15)19-12-6-4-5-11(2)9-12/h4-6,9,13,17H,3,7-8,10H2,1-2H3,(H2,16,18). The molecule has 2 atom stereocenters. The van der Waals surface area contributed by atoms with E-state index in [9.17, 15) is 4.79 Å². The summed E-state index contributed by atoms with van der Waals surface area (Å²) in [5.74, 6) is 0.589. The molecule has 0 heterocycles. The third-order valence-electron chi connectivity index (χ3n) is 3.75. The molecule has 0 radical (unpaired) electrons. The topological polar surface area (TPSA) is 64.3 Å². The molecule has 1 amide bonds. The lowest BCUT2D eigenvalue weighted by atomic mass is 9.96. The van der Waals surface area contributed by atoms with Gasteiger partial charge in [0.25, 0.3) is 0 Å². The zero-order chi connectivity index (χ0) is 13.9. The summed E-state index contributed by atoms with van der Waals surface area (Å²) in [4.78, 5) is 11.7. The predicted molar refractivity (Wildman–Crippen MR) is 75.0 cm³/mol. The molecule has 1 aromatic carbocycles. The summed E-state index contributed by atoms with van der Waals surface area (Å²) in [6, 6.07) is 7.97. The van der Waals surface area contributed by atoms with E-state index in [2.05, 4.69) is 5.32 Å². The summed E-state index contributed by atoms with van der Waals surface area (Å²) >= 11 is 0. The van der Waals surface area contributed by atoms with Gasteiger partial charge in [0.1, 0.15) is 17.4 Å². The lowest BCUT2D eigenvalue weighted by molar-refractivity contribution is -0.124. The van der Waals surface area contributed by atoms with Gasteiger partial charge < -0.3 is 15.8 Å². The van der Waals surface area contributed by atoms with E-state index in [1.54, 1.807) is 0 Å². The van der Waals surface area contributed by atoms with Gasteiger partial charge >= 0.3 is 0 Å². The minimum absolute atomic E-state index is 0.0494. The maximum atomic E-state index is 11.7. The summed E-state index contributed by atoms with van der Waals surface area (Å²) in [5, 5.41) is 3.23. The van der Waals surface area contributed by atoms with E-state index in [1.165, 1.54) is 5.56 Å². The fourth-order valence-electron chi connectivity index (χ4n) is 2.79. The molecule has 3 N–H and O–H groups in total. The number of nitrogens with two attached hydrogens (primary N) is 1. The molecule has 4 heteroatoms. The number of amides is 1. The Morgan fingerprint density at radius 3 is 3.00 bits per heavy atom. The number of aryl methyl sites for hydroxylation is 1. The van der Waals surface area contributed by atoms with Gasteiger partial charge in [0, 0.05) is 6.42 Å². The number of primary amides is 1. The lowest BCUT2D eigenvalue weighted by Crippen LogP contribution is -2.54. The van der Waals surface area contributed by atoms with Gasteiger partial charge in [-0.3, -0.25) is 4.79 Å². The van der Waals surface area contributed by atoms with Crippen molar-refractivity contribution in [1.29, 1.82) is 0 Å². The van der Waals surface area contributed by atoms with E-state index in [-0.39, 0.29) is 12.0 Å². The minimum atomic E-state index is -0.594. The number of likely N-dealkylation sites (N-methyl/N-ethyl adjacent to an activating group) is 1.